The SMILES string of the molecule is CCNC(=O)NC(=O)[C@@H](OC(=O)Cc1c(Cl)cccc1Cl)c1ccccc1. The van der Waals surface area contributed by atoms with E-state index in [9.17, 15) is 14.4 Å². The van der Waals surface area contributed by atoms with Crippen molar-refractivity contribution in [2.75, 3.05) is 6.54 Å². The summed E-state index contributed by atoms with van der Waals surface area (Å²) in [5.41, 5.74) is 0.833. The highest BCUT2D eigenvalue weighted by molar-refractivity contribution is 6.36. The predicted molar refractivity (Wildman–Crippen MR) is 103 cm³/mol. The molecule has 0 aliphatic carbocycles. The Balaban J connectivity index is 2.17. The van der Waals surface area contributed by atoms with Crippen molar-refractivity contribution in [2.24, 2.45) is 0 Å². The minimum atomic E-state index is -1.29. The van der Waals surface area contributed by atoms with E-state index in [2.05, 4.69) is 10.6 Å². The van der Waals surface area contributed by atoms with E-state index in [1.165, 1.54) is 0 Å². The smallest absolute Gasteiger partial charge is 0.321 e. The van der Waals surface area contributed by atoms with Crippen LogP contribution in [0, 0.1) is 0 Å². The molecular formula is C19H18Cl2N2O4. The molecule has 0 aromatic heterocycles. The van der Waals surface area contributed by atoms with Crippen LogP contribution in [0.25, 0.3) is 0 Å². The molecule has 2 aromatic rings. The lowest BCUT2D eigenvalue weighted by atomic mass is 10.1. The number of benzene rings is 2. The van der Waals surface area contributed by atoms with Crippen molar-refractivity contribution < 1.29 is 19.1 Å². The van der Waals surface area contributed by atoms with Gasteiger partial charge in [-0.1, -0.05) is 59.6 Å². The van der Waals surface area contributed by atoms with Crippen molar-refractivity contribution >= 4 is 41.1 Å². The number of nitrogens with one attached hydrogen (secondary N) is 2. The standard InChI is InChI=1S/C19H18Cl2N2O4/c1-2-22-19(26)23-18(25)17(12-7-4-3-5-8-12)27-16(24)11-13-14(20)9-6-10-15(13)21/h3-10,17H,2,11H2,1H3,(H2,22,23,25,26)/t17-/m0/s1. The fourth-order valence-electron chi connectivity index (χ4n) is 2.30. The second kappa shape index (κ2) is 9.94. The largest absolute Gasteiger partial charge is 0.447 e. The predicted octanol–water partition coefficient (Wildman–Crippen LogP) is 3.67. The monoisotopic (exact) mass is 408 g/mol. The Morgan fingerprint density at radius 3 is 2.22 bits per heavy atom. The minimum Gasteiger partial charge on any atom is -0.447 e. The molecule has 0 radical (unpaired) electrons. The van der Waals surface area contributed by atoms with E-state index in [0.29, 0.717) is 27.7 Å². The Morgan fingerprint density at radius 1 is 1.00 bits per heavy atom. The van der Waals surface area contributed by atoms with Crippen LogP contribution in [-0.4, -0.2) is 24.5 Å². The number of carbonyl (C=O) groups excluding carboxylic acids is 3. The molecule has 0 aliphatic heterocycles. The summed E-state index contributed by atoms with van der Waals surface area (Å²) in [7, 11) is 0. The van der Waals surface area contributed by atoms with E-state index in [-0.39, 0.29) is 6.42 Å². The molecule has 0 heterocycles. The molecule has 3 amide bonds. The summed E-state index contributed by atoms with van der Waals surface area (Å²) in [4.78, 5) is 36.5. The van der Waals surface area contributed by atoms with Crippen molar-refractivity contribution in [3.8, 4) is 0 Å². The van der Waals surface area contributed by atoms with Crippen molar-refractivity contribution in [1.29, 1.82) is 0 Å². The summed E-state index contributed by atoms with van der Waals surface area (Å²) in [6, 6.07) is 12.6. The molecule has 2 N–H and O–H groups in total. The second-order valence-corrected chi connectivity index (χ2v) is 6.32. The lowest BCUT2D eigenvalue weighted by Gasteiger charge is -2.18. The number of hydrogen-bond acceptors (Lipinski definition) is 4. The van der Waals surface area contributed by atoms with Crippen molar-refractivity contribution in [1.82, 2.24) is 10.6 Å². The fraction of sp³-hybridized carbons (Fsp3) is 0.211. The van der Waals surface area contributed by atoms with Crippen LogP contribution in [0.3, 0.4) is 0 Å². The van der Waals surface area contributed by atoms with Gasteiger partial charge in [0.05, 0.1) is 6.42 Å². The highest BCUT2D eigenvalue weighted by Crippen LogP contribution is 2.26. The molecule has 0 aliphatic rings. The van der Waals surface area contributed by atoms with Crippen LogP contribution in [0.5, 0.6) is 0 Å². The van der Waals surface area contributed by atoms with Gasteiger partial charge in [-0.15, -0.1) is 0 Å². The molecule has 0 saturated heterocycles. The Kier molecular flexibility index (Phi) is 7.64. The first kappa shape index (κ1) is 20.7. The van der Waals surface area contributed by atoms with Crippen molar-refractivity contribution in [3.05, 3.63) is 69.7 Å². The van der Waals surface area contributed by atoms with Gasteiger partial charge in [0.15, 0.2) is 0 Å². The molecule has 0 unspecified atom stereocenters. The Hall–Kier alpha value is -2.57. The summed E-state index contributed by atoms with van der Waals surface area (Å²) >= 11 is 12.1. The van der Waals surface area contributed by atoms with Gasteiger partial charge in [0.25, 0.3) is 5.91 Å². The van der Waals surface area contributed by atoms with Gasteiger partial charge >= 0.3 is 12.0 Å². The molecule has 1 atom stereocenters. The number of carbonyl (C=O) groups is 3. The number of esters is 1. The van der Waals surface area contributed by atoms with E-state index in [0.717, 1.165) is 0 Å². The van der Waals surface area contributed by atoms with Gasteiger partial charge in [-0.05, 0) is 19.1 Å². The third-order valence-electron chi connectivity index (χ3n) is 3.55. The third kappa shape index (κ3) is 5.98. The van der Waals surface area contributed by atoms with Gasteiger partial charge in [0, 0.05) is 27.7 Å². The first-order valence-corrected chi connectivity index (χ1v) is 8.94. The average Bonchev–Trinajstić information content (AvgIpc) is 2.63. The zero-order valence-corrected chi connectivity index (χ0v) is 16.0. The van der Waals surface area contributed by atoms with Gasteiger partial charge in [-0.2, -0.15) is 0 Å². The average molecular weight is 409 g/mol. The van der Waals surface area contributed by atoms with Crippen molar-refractivity contribution in [3.63, 3.8) is 0 Å². The van der Waals surface area contributed by atoms with Gasteiger partial charge < -0.3 is 10.1 Å². The fourth-order valence-corrected chi connectivity index (χ4v) is 2.83. The highest BCUT2D eigenvalue weighted by atomic mass is 35.5. The van der Waals surface area contributed by atoms with Crippen LogP contribution in [0.1, 0.15) is 24.2 Å². The van der Waals surface area contributed by atoms with Crippen LogP contribution in [-0.2, 0) is 20.7 Å². The summed E-state index contributed by atoms with van der Waals surface area (Å²) in [5.74, 6) is -1.46. The first-order chi connectivity index (χ1) is 12.9. The van der Waals surface area contributed by atoms with Gasteiger partial charge in [0.1, 0.15) is 0 Å². The molecule has 27 heavy (non-hydrogen) atoms. The second-order valence-electron chi connectivity index (χ2n) is 5.51. The van der Waals surface area contributed by atoms with E-state index >= 15 is 0 Å². The van der Waals surface area contributed by atoms with Crippen molar-refractivity contribution in [2.45, 2.75) is 19.4 Å². The zero-order chi connectivity index (χ0) is 19.8. The van der Waals surface area contributed by atoms with E-state index in [4.69, 9.17) is 27.9 Å². The zero-order valence-electron chi connectivity index (χ0n) is 14.5. The van der Waals surface area contributed by atoms with Crippen LogP contribution in [0.4, 0.5) is 4.79 Å². The Morgan fingerprint density at radius 2 is 1.63 bits per heavy atom. The van der Waals surface area contributed by atoms with Crippen LogP contribution in [0.2, 0.25) is 10.0 Å². The lowest BCUT2D eigenvalue weighted by molar-refractivity contribution is -0.155. The maximum absolute atomic E-state index is 12.4. The molecule has 0 fully saturated rings. The third-order valence-corrected chi connectivity index (χ3v) is 4.25. The molecular weight excluding hydrogens is 391 g/mol. The number of amides is 3. The summed E-state index contributed by atoms with van der Waals surface area (Å²) in [5, 5.41) is 5.24. The van der Waals surface area contributed by atoms with Crippen LogP contribution < -0.4 is 10.6 Å². The molecule has 0 spiro atoms. The number of ether oxygens (including phenoxy) is 1. The summed E-state index contributed by atoms with van der Waals surface area (Å²) in [6.07, 6.45) is -1.50. The molecule has 0 bridgehead atoms. The Bertz CT molecular complexity index is 807. The Labute approximate surface area is 166 Å². The number of hydrogen-bond donors (Lipinski definition) is 2. The van der Waals surface area contributed by atoms with Gasteiger partial charge in [-0.3, -0.25) is 14.9 Å². The maximum atomic E-state index is 12.4. The number of imide groups is 1. The quantitative estimate of drug-likeness (QED) is 0.714. The number of rotatable bonds is 6. The topological polar surface area (TPSA) is 84.5 Å². The molecule has 0 saturated carbocycles. The normalized spacial score (nSPS) is 11.4. The van der Waals surface area contributed by atoms with Gasteiger partial charge in [0.2, 0.25) is 6.10 Å². The highest BCUT2D eigenvalue weighted by Gasteiger charge is 2.27. The summed E-state index contributed by atoms with van der Waals surface area (Å²) in [6.45, 7) is 2.06. The van der Waals surface area contributed by atoms with E-state index in [1.807, 2.05) is 0 Å². The maximum Gasteiger partial charge on any atom is 0.321 e. The molecule has 8 heteroatoms. The minimum absolute atomic E-state index is 0.212. The molecule has 2 aromatic carbocycles. The molecule has 6 nitrogen and oxygen atoms in total. The molecule has 142 valence electrons. The van der Waals surface area contributed by atoms with Gasteiger partial charge in [-0.25, -0.2) is 4.79 Å². The lowest BCUT2D eigenvalue weighted by Crippen LogP contribution is -2.42. The number of urea groups is 1. The van der Waals surface area contributed by atoms with E-state index in [1.54, 1.807) is 55.5 Å². The van der Waals surface area contributed by atoms with Crippen LogP contribution in [0.15, 0.2) is 48.5 Å². The molecule has 2 rings (SSSR count). The first-order valence-electron chi connectivity index (χ1n) is 8.18. The van der Waals surface area contributed by atoms with Crippen LogP contribution >= 0.6 is 23.2 Å². The summed E-state index contributed by atoms with van der Waals surface area (Å²) < 4.78 is 5.34. The number of halogens is 2. The van der Waals surface area contributed by atoms with E-state index < -0.39 is 24.0 Å².